The molecule has 2 atom stereocenters. The van der Waals surface area contributed by atoms with Crippen LogP contribution >= 0.6 is 0 Å². The van der Waals surface area contributed by atoms with E-state index in [-0.39, 0.29) is 17.8 Å². The first-order chi connectivity index (χ1) is 12.2. The normalized spacial score (nSPS) is 20.4. The van der Waals surface area contributed by atoms with Gasteiger partial charge in [0.25, 0.3) is 0 Å². The molecule has 1 aliphatic rings. The molecule has 5 heteroatoms. The number of hydrogen-bond donors (Lipinski definition) is 2. The topological polar surface area (TPSA) is 68.3 Å². The molecule has 1 amide bonds. The summed E-state index contributed by atoms with van der Waals surface area (Å²) >= 11 is 0. The summed E-state index contributed by atoms with van der Waals surface area (Å²) in [7, 11) is 0. The molecule has 1 aromatic heterocycles. The summed E-state index contributed by atoms with van der Waals surface area (Å²) in [5.41, 5.74) is 6.24. The highest BCUT2D eigenvalue weighted by Gasteiger charge is 2.25. The van der Waals surface area contributed by atoms with E-state index >= 15 is 0 Å². The van der Waals surface area contributed by atoms with Crippen LogP contribution in [0.25, 0.3) is 11.3 Å². The van der Waals surface area contributed by atoms with Gasteiger partial charge in [-0.1, -0.05) is 25.0 Å². The first-order valence-electron chi connectivity index (χ1n) is 9.00. The van der Waals surface area contributed by atoms with Gasteiger partial charge in [-0.05, 0) is 49.6 Å². The lowest BCUT2D eigenvalue weighted by Gasteiger charge is -2.31. The number of carbonyl (C=O) groups is 1. The summed E-state index contributed by atoms with van der Waals surface area (Å²) in [4.78, 5) is 12.2. The largest absolute Gasteiger partial charge is 0.461 e. The summed E-state index contributed by atoms with van der Waals surface area (Å²) < 4.78 is 19.5. The van der Waals surface area contributed by atoms with E-state index in [0.29, 0.717) is 42.4 Å². The van der Waals surface area contributed by atoms with E-state index in [0.717, 1.165) is 19.3 Å². The van der Waals surface area contributed by atoms with Crippen LogP contribution in [0.2, 0.25) is 0 Å². The van der Waals surface area contributed by atoms with Gasteiger partial charge in [-0.25, -0.2) is 4.39 Å². The Hall–Kier alpha value is -2.14. The predicted molar refractivity (Wildman–Crippen MR) is 95.4 cm³/mol. The molecule has 4 nitrogen and oxygen atoms in total. The Labute approximate surface area is 147 Å². The summed E-state index contributed by atoms with van der Waals surface area (Å²) in [5.74, 6) is 1.27. The second-order valence-corrected chi connectivity index (χ2v) is 6.70. The zero-order chi connectivity index (χ0) is 17.6. The minimum absolute atomic E-state index is 0.0224. The van der Waals surface area contributed by atoms with Gasteiger partial charge >= 0.3 is 0 Å². The van der Waals surface area contributed by atoms with Gasteiger partial charge in [-0.3, -0.25) is 4.79 Å². The molecule has 25 heavy (non-hydrogen) atoms. The Morgan fingerprint density at radius 1 is 1.20 bits per heavy atom. The van der Waals surface area contributed by atoms with Gasteiger partial charge in [-0.2, -0.15) is 0 Å². The minimum Gasteiger partial charge on any atom is -0.461 e. The van der Waals surface area contributed by atoms with Crippen LogP contribution in [0.3, 0.4) is 0 Å². The van der Waals surface area contributed by atoms with Gasteiger partial charge in [0.2, 0.25) is 5.91 Å². The highest BCUT2D eigenvalue weighted by atomic mass is 19.1. The Bertz CT molecular complexity index is 713. The molecular weight excluding hydrogens is 319 g/mol. The number of carbonyl (C=O) groups excluding carboxylic acids is 1. The fraction of sp³-hybridized carbons (Fsp3) is 0.450. The summed E-state index contributed by atoms with van der Waals surface area (Å²) in [5, 5.41) is 3.12. The lowest BCUT2D eigenvalue weighted by atomic mass is 9.84. The molecule has 0 aliphatic heterocycles. The van der Waals surface area contributed by atoms with Crippen LogP contribution in [-0.2, 0) is 11.2 Å². The van der Waals surface area contributed by atoms with Crippen LogP contribution in [0.5, 0.6) is 0 Å². The third-order valence-electron chi connectivity index (χ3n) is 4.96. The number of aryl methyl sites for hydroxylation is 1. The molecule has 3 rings (SSSR count). The number of benzene rings is 1. The monoisotopic (exact) mass is 344 g/mol. The smallest absolute Gasteiger partial charge is 0.220 e. The number of hydrogen-bond acceptors (Lipinski definition) is 3. The molecule has 3 N–H and O–H groups in total. The van der Waals surface area contributed by atoms with Crippen molar-refractivity contribution in [1.82, 2.24) is 5.32 Å². The SMILES string of the molecule is NCC1CCCCC1NC(=O)CCc1ccc(-c2ccccc2F)o1. The van der Waals surface area contributed by atoms with Gasteiger partial charge in [0.1, 0.15) is 17.3 Å². The third-order valence-corrected chi connectivity index (χ3v) is 4.96. The molecule has 2 unspecified atom stereocenters. The van der Waals surface area contributed by atoms with Gasteiger partial charge < -0.3 is 15.5 Å². The number of rotatable bonds is 6. The molecule has 0 bridgehead atoms. The second-order valence-electron chi connectivity index (χ2n) is 6.70. The number of furan rings is 1. The van der Waals surface area contributed by atoms with Crippen LogP contribution in [-0.4, -0.2) is 18.5 Å². The van der Waals surface area contributed by atoms with E-state index in [1.807, 2.05) is 0 Å². The van der Waals surface area contributed by atoms with Crippen molar-refractivity contribution in [2.45, 2.75) is 44.6 Å². The maximum Gasteiger partial charge on any atom is 0.220 e. The van der Waals surface area contributed by atoms with Crippen LogP contribution in [0.1, 0.15) is 37.9 Å². The van der Waals surface area contributed by atoms with E-state index in [1.54, 1.807) is 30.3 Å². The molecule has 1 fully saturated rings. The van der Waals surface area contributed by atoms with Crippen molar-refractivity contribution in [1.29, 1.82) is 0 Å². The standard InChI is InChI=1S/C20H25FN2O2/c21-17-7-3-2-6-16(17)19-11-9-15(25-19)10-12-20(24)23-18-8-4-1-5-14(18)13-22/h2-3,6-7,9,11,14,18H,1,4-5,8,10,12-13,22H2,(H,23,24). The predicted octanol–water partition coefficient (Wildman–Crippen LogP) is 3.65. The maximum atomic E-state index is 13.8. The number of nitrogens with two attached hydrogens (primary N) is 1. The molecular formula is C20H25FN2O2. The maximum absolute atomic E-state index is 13.8. The fourth-order valence-electron chi connectivity index (χ4n) is 3.51. The van der Waals surface area contributed by atoms with Gasteiger partial charge in [0, 0.05) is 18.9 Å². The zero-order valence-electron chi connectivity index (χ0n) is 14.3. The van der Waals surface area contributed by atoms with E-state index in [4.69, 9.17) is 10.2 Å². The van der Waals surface area contributed by atoms with Gasteiger partial charge in [0.05, 0.1) is 5.56 Å². The Morgan fingerprint density at radius 2 is 2.00 bits per heavy atom. The first kappa shape index (κ1) is 17.7. The third kappa shape index (κ3) is 4.48. The number of halogens is 1. The lowest BCUT2D eigenvalue weighted by molar-refractivity contribution is -0.122. The highest BCUT2D eigenvalue weighted by molar-refractivity contribution is 5.76. The van der Waals surface area contributed by atoms with Crippen molar-refractivity contribution >= 4 is 5.91 Å². The van der Waals surface area contributed by atoms with E-state index in [1.165, 1.54) is 12.5 Å². The van der Waals surface area contributed by atoms with Crippen molar-refractivity contribution in [2.24, 2.45) is 11.7 Å². The molecule has 1 saturated carbocycles. The van der Waals surface area contributed by atoms with Crippen molar-refractivity contribution in [3.63, 3.8) is 0 Å². The van der Waals surface area contributed by atoms with Crippen LogP contribution in [0, 0.1) is 11.7 Å². The molecule has 134 valence electrons. The number of amides is 1. The van der Waals surface area contributed by atoms with Gasteiger partial charge in [0.15, 0.2) is 0 Å². The van der Waals surface area contributed by atoms with Crippen LogP contribution in [0.15, 0.2) is 40.8 Å². The molecule has 2 aromatic rings. The average molecular weight is 344 g/mol. The summed E-state index contributed by atoms with van der Waals surface area (Å²) in [6, 6.07) is 10.2. The van der Waals surface area contributed by atoms with Gasteiger partial charge in [-0.15, -0.1) is 0 Å². The van der Waals surface area contributed by atoms with Crippen LogP contribution < -0.4 is 11.1 Å². The molecule has 0 spiro atoms. The van der Waals surface area contributed by atoms with E-state index < -0.39 is 0 Å². The molecule has 1 aliphatic carbocycles. The molecule has 1 aromatic carbocycles. The minimum atomic E-state index is -0.314. The second kappa shape index (κ2) is 8.30. The first-order valence-corrected chi connectivity index (χ1v) is 9.00. The van der Waals surface area contributed by atoms with E-state index in [2.05, 4.69) is 5.32 Å². The Morgan fingerprint density at radius 3 is 2.80 bits per heavy atom. The summed E-state index contributed by atoms with van der Waals surface area (Å²) in [6.45, 7) is 0.620. The average Bonchev–Trinajstić information content (AvgIpc) is 3.09. The quantitative estimate of drug-likeness (QED) is 0.840. The Balaban J connectivity index is 1.53. The fourth-order valence-corrected chi connectivity index (χ4v) is 3.51. The highest BCUT2D eigenvalue weighted by Crippen LogP contribution is 2.26. The zero-order valence-corrected chi connectivity index (χ0v) is 14.3. The van der Waals surface area contributed by atoms with Crippen molar-refractivity contribution in [3.8, 4) is 11.3 Å². The molecule has 1 heterocycles. The van der Waals surface area contributed by atoms with Crippen molar-refractivity contribution in [3.05, 3.63) is 48.0 Å². The van der Waals surface area contributed by atoms with E-state index in [9.17, 15) is 9.18 Å². The number of nitrogens with one attached hydrogen (secondary N) is 1. The molecule has 0 radical (unpaired) electrons. The Kier molecular flexibility index (Phi) is 5.87. The lowest BCUT2D eigenvalue weighted by Crippen LogP contribution is -2.44. The summed E-state index contributed by atoms with van der Waals surface area (Å²) in [6.07, 6.45) is 5.29. The molecule has 0 saturated heterocycles. The van der Waals surface area contributed by atoms with Crippen LogP contribution in [0.4, 0.5) is 4.39 Å². The van der Waals surface area contributed by atoms with Crippen molar-refractivity contribution < 1.29 is 13.6 Å². The van der Waals surface area contributed by atoms with Crippen molar-refractivity contribution in [2.75, 3.05) is 6.54 Å².